The first-order chi connectivity index (χ1) is 16.7. The van der Waals surface area contributed by atoms with Gasteiger partial charge in [0.05, 0.1) is 6.54 Å². The summed E-state index contributed by atoms with van der Waals surface area (Å²) < 4.78 is 29.6. The molecule has 8 nitrogen and oxygen atoms in total. The van der Waals surface area contributed by atoms with Gasteiger partial charge in [0.25, 0.3) is 5.91 Å². The SMILES string of the molecule is CC(C)(C)OC(=O)N(CCCNC(=O)c1ccc(COc2ccc(F)cc2)o1)Cc1cccnc1. The maximum absolute atomic E-state index is 13.0. The van der Waals surface area contributed by atoms with Crippen LogP contribution in [0, 0.1) is 5.82 Å². The van der Waals surface area contributed by atoms with Crippen LogP contribution < -0.4 is 10.1 Å². The molecule has 3 rings (SSSR count). The van der Waals surface area contributed by atoms with E-state index in [0.29, 0.717) is 37.6 Å². The Bertz CT molecular complexity index is 1090. The number of carbonyl (C=O) groups is 2. The molecule has 0 fully saturated rings. The third-order valence-corrected chi connectivity index (χ3v) is 4.72. The summed E-state index contributed by atoms with van der Waals surface area (Å²) in [5.74, 6) is 0.401. The van der Waals surface area contributed by atoms with Crippen LogP contribution in [0.5, 0.6) is 5.75 Å². The van der Waals surface area contributed by atoms with Crippen molar-refractivity contribution in [1.29, 1.82) is 0 Å². The third-order valence-electron chi connectivity index (χ3n) is 4.72. The Morgan fingerprint density at radius 1 is 1.11 bits per heavy atom. The predicted octanol–water partition coefficient (Wildman–Crippen LogP) is 4.95. The average molecular weight is 484 g/mol. The summed E-state index contributed by atoms with van der Waals surface area (Å²) in [6, 6.07) is 12.5. The maximum Gasteiger partial charge on any atom is 0.410 e. The zero-order valence-electron chi connectivity index (χ0n) is 20.1. The highest BCUT2D eigenvalue weighted by molar-refractivity contribution is 5.91. The third kappa shape index (κ3) is 8.77. The lowest BCUT2D eigenvalue weighted by Crippen LogP contribution is -2.38. The number of hydrogen-bond donors (Lipinski definition) is 1. The second-order valence-electron chi connectivity index (χ2n) is 8.88. The zero-order valence-corrected chi connectivity index (χ0v) is 20.1. The van der Waals surface area contributed by atoms with Crippen LogP contribution in [0.25, 0.3) is 0 Å². The molecule has 35 heavy (non-hydrogen) atoms. The summed E-state index contributed by atoms with van der Waals surface area (Å²) >= 11 is 0. The van der Waals surface area contributed by atoms with E-state index in [1.165, 1.54) is 24.3 Å². The summed E-state index contributed by atoms with van der Waals surface area (Å²) in [6.45, 7) is 6.64. The van der Waals surface area contributed by atoms with Crippen LogP contribution in [0.1, 0.15) is 49.1 Å². The molecule has 0 radical (unpaired) electrons. The molecule has 1 aromatic carbocycles. The topological polar surface area (TPSA) is 93.9 Å². The Kier molecular flexibility index (Phi) is 8.83. The van der Waals surface area contributed by atoms with Crippen LogP contribution in [0.4, 0.5) is 9.18 Å². The number of pyridine rings is 1. The summed E-state index contributed by atoms with van der Waals surface area (Å²) in [7, 11) is 0. The minimum atomic E-state index is -0.615. The van der Waals surface area contributed by atoms with Gasteiger partial charge in [-0.25, -0.2) is 9.18 Å². The molecule has 0 atom stereocenters. The summed E-state index contributed by atoms with van der Waals surface area (Å²) in [6.07, 6.45) is 3.47. The highest BCUT2D eigenvalue weighted by Crippen LogP contribution is 2.16. The number of benzene rings is 1. The molecule has 0 aliphatic rings. The molecular formula is C26H30FN3O5. The van der Waals surface area contributed by atoms with E-state index in [9.17, 15) is 14.0 Å². The fourth-order valence-electron chi connectivity index (χ4n) is 3.10. The second-order valence-corrected chi connectivity index (χ2v) is 8.88. The van der Waals surface area contributed by atoms with Gasteiger partial charge >= 0.3 is 6.09 Å². The molecule has 2 heterocycles. The molecule has 0 aliphatic heterocycles. The molecule has 1 N–H and O–H groups in total. The fraction of sp³-hybridized carbons (Fsp3) is 0.346. The first-order valence-corrected chi connectivity index (χ1v) is 11.3. The number of nitrogens with one attached hydrogen (secondary N) is 1. The van der Waals surface area contributed by atoms with Crippen LogP contribution >= 0.6 is 0 Å². The quantitative estimate of drug-likeness (QED) is 0.410. The van der Waals surface area contributed by atoms with E-state index in [4.69, 9.17) is 13.9 Å². The largest absolute Gasteiger partial charge is 0.486 e. The van der Waals surface area contributed by atoms with Crippen molar-refractivity contribution < 1.29 is 27.9 Å². The van der Waals surface area contributed by atoms with Gasteiger partial charge in [-0.3, -0.25) is 9.78 Å². The van der Waals surface area contributed by atoms with E-state index >= 15 is 0 Å². The number of aromatic nitrogens is 1. The van der Waals surface area contributed by atoms with Crippen LogP contribution in [0.3, 0.4) is 0 Å². The Labute approximate surface area is 204 Å². The average Bonchev–Trinajstić information content (AvgIpc) is 3.29. The van der Waals surface area contributed by atoms with Crippen LogP contribution in [-0.2, 0) is 17.9 Å². The van der Waals surface area contributed by atoms with E-state index in [0.717, 1.165) is 5.56 Å². The maximum atomic E-state index is 13.0. The Balaban J connectivity index is 1.47. The molecular weight excluding hydrogens is 453 g/mol. The standard InChI is InChI=1S/C26H30FN3O5/c1-26(2,3)35-25(32)30(17-19-6-4-13-28-16-19)15-5-14-29-24(31)23-12-11-22(34-23)18-33-21-9-7-20(27)8-10-21/h4,6-13,16H,5,14-15,17-18H2,1-3H3,(H,29,31). The Morgan fingerprint density at radius 2 is 1.89 bits per heavy atom. The smallest absolute Gasteiger partial charge is 0.410 e. The molecule has 0 aliphatic carbocycles. The van der Waals surface area contributed by atoms with Crippen LogP contribution in [0.15, 0.2) is 65.3 Å². The lowest BCUT2D eigenvalue weighted by atomic mass is 10.2. The number of nitrogens with zero attached hydrogens (tertiary/aromatic N) is 2. The molecule has 2 aromatic heterocycles. The molecule has 0 saturated heterocycles. The Hall–Kier alpha value is -3.88. The lowest BCUT2D eigenvalue weighted by molar-refractivity contribution is 0.0232. The lowest BCUT2D eigenvalue weighted by Gasteiger charge is -2.27. The van der Waals surface area contributed by atoms with Gasteiger partial charge in [-0.2, -0.15) is 0 Å². The van der Waals surface area contributed by atoms with Gasteiger partial charge in [0, 0.05) is 25.5 Å². The highest BCUT2D eigenvalue weighted by atomic mass is 19.1. The number of halogens is 1. The first-order valence-electron chi connectivity index (χ1n) is 11.3. The molecule has 186 valence electrons. The van der Waals surface area contributed by atoms with Crippen molar-refractivity contribution >= 4 is 12.0 Å². The second kappa shape index (κ2) is 12.0. The molecule has 2 amide bonds. The molecule has 9 heteroatoms. The van der Waals surface area contributed by atoms with Crippen molar-refractivity contribution in [1.82, 2.24) is 15.2 Å². The van der Waals surface area contributed by atoms with Gasteiger partial charge in [0.2, 0.25) is 0 Å². The van der Waals surface area contributed by atoms with Crippen molar-refractivity contribution in [3.05, 3.63) is 83.8 Å². The highest BCUT2D eigenvalue weighted by Gasteiger charge is 2.22. The molecule has 0 unspecified atom stereocenters. The predicted molar refractivity (Wildman–Crippen MR) is 127 cm³/mol. The van der Waals surface area contributed by atoms with Crippen molar-refractivity contribution in [2.75, 3.05) is 13.1 Å². The summed E-state index contributed by atoms with van der Waals surface area (Å²) in [4.78, 5) is 30.8. The number of hydrogen-bond acceptors (Lipinski definition) is 6. The van der Waals surface area contributed by atoms with E-state index in [1.54, 1.807) is 29.4 Å². The molecule has 0 bridgehead atoms. The van der Waals surface area contributed by atoms with Crippen molar-refractivity contribution in [2.45, 2.75) is 45.9 Å². The van der Waals surface area contributed by atoms with Gasteiger partial charge in [0.15, 0.2) is 5.76 Å². The number of amides is 2. The van der Waals surface area contributed by atoms with Gasteiger partial charge in [-0.1, -0.05) is 6.07 Å². The number of ether oxygens (including phenoxy) is 2. The zero-order chi connectivity index (χ0) is 25.3. The number of rotatable bonds is 10. The first kappa shape index (κ1) is 25.7. The summed E-state index contributed by atoms with van der Waals surface area (Å²) in [5, 5.41) is 2.79. The molecule has 0 spiro atoms. The van der Waals surface area contributed by atoms with Crippen LogP contribution in [0.2, 0.25) is 0 Å². The van der Waals surface area contributed by atoms with Crippen LogP contribution in [-0.4, -0.2) is 40.6 Å². The minimum absolute atomic E-state index is 0.109. The van der Waals surface area contributed by atoms with Gasteiger partial charge < -0.3 is 24.1 Å². The van der Waals surface area contributed by atoms with E-state index < -0.39 is 11.7 Å². The van der Waals surface area contributed by atoms with E-state index in [2.05, 4.69) is 10.3 Å². The molecule has 3 aromatic rings. The van der Waals surface area contributed by atoms with Crippen molar-refractivity contribution in [3.63, 3.8) is 0 Å². The van der Waals surface area contributed by atoms with Crippen molar-refractivity contribution in [3.8, 4) is 5.75 Å². The van der Waals surface area contributed by atoms with E-state index in [-0.39, 0.29) is 24.1 Å². The van der Waals surface area contributed by atoms with Gasteiger partial charge in [-0.15, -0.1) is 0 Å². The van der Waals surface area contributed by atoms with Gasteiger partial charge in [0.1, 0.15) is 29.5 Å². The number of carbonyl (C=O) groups excluding carboxylic acids is 2. The van der Waals surface area contributed by atoms with Gasteiger partial charge in [-0.05, 0) is 75.2 Å². The fourth-order valence-corrected chi connectivity index (χ4v) is 3.10. The monoisotopic (exact) mass is 483 g/mol. The Morgan fingerprint density at radius 3 is 2.57 bits per heavy atom. The van der Waals surface area contributed by atoms with Crippen molar-refractivity contribution in [2.24, 2.45) is 0 Å². The number of furan rings is 1. The minimum Gasteiger partial charge on any atom is -0.486 e. The summed E-state index contributed by atoms with van der Waals surface area (Å²) in [5.41, 5.74) is 0.268. The van der Waals surface area contributed by atoms with E-state index in [1.807, 2.05) is 32.9 Å². The molecule has 0 saturated carbocycles. The normalized spacial score (nSPS) is 11.1.